The molecule has 0 aliphatic heterocycles. The summed E-state index contributed by atoms with van der Waals surface area (Å²) in [6.45, 7) is 1.37. The highest BCUT2D eigenvalue weighted by Crippen LogP contribution is 2.31. The van der Waals surface area contributed by atoms with E-state index in [4.69, 9.17) is 5.11 Å². The van der Waals surface area contributed by atoms with Crippen molar-refractivity contribution < 1.29 is 23.0 Å². The van der Waals surface area contributed by atoms with Gasteiger partial charge >= 0.3 is 6.36 Å². The Morgan fingerprint density at radius 2 is 2.05 bits per heavy atom. The third-order valence-corrected chi connectivity index (χ3v) is 3.81. The van der Waals surface area contributed by atoms with Crippen LogP contribution in [-0.2, 0) is 6.54 Å². The minimum Gasteiger partial charge on any atom is -0.405 e. The van der Waals surface area contributed by atoms with Gasteiger partial charge in [0.05, 0.1) is 10.6 Å². The van der Waals surface area contributed by atoms with Crippen molar-refractivity contribution >= 4 is 15.9 Å². The van der Waals surface area contributed by atoms with Crippen LogP contribution in [0, 0.1) is 5.92 Å². The molecule has 0 aromatic heterocycles. The summed E-state index contributed by atoms with van der Waals surface area (Å²) in [7, 11) is 0. The molecule has 2 rings (SSSR count). The van der Waals surface area contributed by atoms with E-state index in [-0.39, 0.29) is 16.3 Å². The van der Waals surface area contributed by atoms with Crippen LogP contribution in [0.4, 0.5) is 13.2 Å². The quantitative estimate of drug-likeness (QED) is 0.853. The lowest BCUT2D eigenvalue weighted by Crippen LogP contribution is -2.35. The first-order valence-electron chi connectivity index (χ1n) is 6.26. The van der Waals surface area contributed by atoms with Gasteiger partial charge in [-0.05, 0) is 58.9 Å². The Balaban J connectivity index is 1.82. The van der Waals surface area contributed by atoms with E-state index in [2.05, 4.69) is 26.0 Å². The van der Waals surface area contributed by atoms with Gasteiger partial charge in [0.2, 0.25) is 0 Å². The molecule has 0 spiro atoms. The van der Waals surface area contributed by atoms with Crippen LogP contribution in [0.3, 0.4) is 0 Å². The van der Waals surface area contributed by atoms with Crippen molar-refractivity contribution in [2.45, 2.75) is 31.9 Å². The molecular weight excluding hydrogens is 339 g/mol. The van der Waals surface area contributed by atoms with Gasteiger partial charge in [0.1, 0.15) is 5.75 Å². The number of halogens is 4. The molecular formula is C13H15BrF3NO2. The largest absolute Gasteiger partial charge is 0.573 e. The molecule has 1 saturated carbocycles. The normalized spacial score (nSPS) is 22.4. The van der Waals surface area contributed by atoms with Crippen LogP contribution in [0.5, 0.6) is 5.75 Å². The van der Waals surface area contributed by atoms with Gasteiger partial charge in [0.25, 0.3) is 0 Å². The number of aliphatic hydroxyl groups excluding tert-OH is 1. The second kappa shape index (κ2) is 6.32. The zero-order valence-electron chi connectivity index (χ0n) is 10.6. The lowest BCUT2D eigenvalue weighted by molar-refractivity contribution is -0.274. The van der Waals surface area contributed by atoms with Crippen LogP contribution in [0.1, 0.15) is 18.4 Å². The lowest BCUT2D eigenvalue weighted by atomic mass is 9.82. The minimum atomic E-state index is -4.69. The van der Waals surface area contributed by atoms with Crippen molar-refractivity contribution in [3.63, 3.8) is 0 Å². The summed E-state index contributed by atoms with van der Waals surface area (Å²) in [6.07, 6.45) is -3.23. The zero-order chi connectivity index (χ0) is 14.8. The van der Waals surface area contributed by atoms with Crippen molar-refractivity contribution in [1.29, 1.82) is 0 Å². The number of hydrogen-bond acceptors (Lipinski definition) is 3. The topological polar surface area (TPSA) is 41.5 Å². The molecule has 0 bridgehead atoms. The molecule has 7 heteroatoms. The first kappa shape index (κ1) is 15.6. The Morgan fingerprint density at radius 1 is 1.35 bits per heavy atom. The van der Waals surface area contributed by atoms with E-state index in [0.29, 0.717) is 12.5 Å². The van der Waals surface area contributed by atoms with Gasteiger partial charge in [-0.1, -0.05) is 6.07 Å². The van der Waals surface area contributed by atoms with Gasteiger partial charge in [-0.25, -0.2) is 0 Å². The van der Waals surface area contributed by atoms with E-state index < -0.39 is 6.36 Å². The summed E-state index contributed by atoms with van der Waals surface area (Å²) in [5.74, 6) is 0.240. The molecule has 112 valence electrons. The van der Waals surface area contributed by atoms with Crippen molar-refractivity contribution in [2.24, 2.45) is 5.92 Å². The summed E-state index contributed by atoms with van der Waals surface area (Å²) in [6, 6.07) is 4.49. The molecule has 1 fully saturated rings. The maximum absolute atomic E-state index is 12.1. The predicted octanol–water partition coefficient (Wildman–Crippen LogP) is 3.21. The molecule has 20 heavy (non-hydrogen) atoms. The number of nitrogens with one attached hydrogen (secondary N) is 1. The maximum Gasteiger partial charge on any atom is 0.573 e. The molecule has 1 aliphatic carbocycles. The highest BCUT2D eigenvalue weighted by Gasteiger charge is 2.32. The Kier molecular flexibility index (Phi) is 4.93. The molecule has 0 atom stereocenters. The fourth-order valence-electron chi connectivity index (χ4n) is 2.15. The van der Waals surface area contributed by atoms with Crippen molar-refractivity contribution in [2.75, 3.05) is 6.54 Å². The Morgan fingerprint density at radius 3 is 2.60 bits per heavy atom. The van der Waals surface area contributed by atoms with E-state index in [1.165, 1.54) is 6.07 Å². The molecule has 2 N–H and O–H groups in total. The van der Waals surface area contributed by atoms with Crippen LogP contribution in [0.15, 0.2) is 22.7 Å². The van der Waals surface area contributed by atoms with E-state index >= 15 is 0 Å². The smallest absolute Gasteiger partial charge is 0.405 e. The number of benzene rings is 1. The molecule has 1 aromatic rings. The molecule has 3 nitrogen and oxygen atoms in total. The van der Waals surface area contributed by atoms with Gasteiger partial charge in [0, 0.05) is 6.54 Å². The first-order chi connectivity index (χ1) is 9.33. The summed E-state index contributed by atoms with van der Waals surface area (Å²) >= 11 is 3.07. The van der Waals surface area contributed by atoms with E-state index in [9.17, 15) is 13.2 Å². The van der Waals surface area contributed by atoms with Crippen LogP contribution < -0.4 is 10.1 Å². The van der Waals surface area contributed by atoms with Crippen LogP contribution in [0.25, 0.3) is 0 Å². The summed E-state index contributed by atoms with van der Waals surface area (Å²) in [5.41, 5.74) is 0.867. The summed E-state index contributed by atoms with van der Waals surface area (Å²) in [4.78, 5) is 0. The third kappa shape index (κ3) is 4.64. The standard InChI is InChI=1S/C13H15BrF3NO2/c14-11-5-8(1-2-12(11)20-13(15,16)17)6-18-7-9-3-10(19)4-9/h1-2,5,9-10,18-19H,3-4,6-7H2. The van der Waals surface area contributed by atoms with E-state index in [1.807, 2.05) is 0 Å². The van der Waals surface area contributed by atoms with Gasteiger partial charge in [-0.3, -0.25) is 0 Å². The average molecular weight is 354 g/mol. The van der Waals surface area contributed by atoms with E-state index in [0.717, 1.165) is 24.9 Å². The zero-order valence-corrected chi connectivity index (χ0v) is 12.2. The number of aliphatic hydroxyl groups is 1. The highest BCUT2D eigenvalue weighted by molar-refractivity contribution is 9.10. The molecule has 0 amide bonds. The van der Waals surface area contributed by atoms with Gasteiger partial charge in [-0.2, -0.15) is 0 Å². The first-order valence-corrected chi connectivity index (χ1v) is 7.06. The fraction of sp³-hybridized carbons (Fsp3) is 0.538. The SMILES string of the molecule is OC1CC(CNCc2ccc(OC(F)(F)F)c(Br)c2)C1. The summed E-state index contributed by atoms with van der Waals surface area (Å²) in [5, 5.41) is 12.4. The minimum absolute atomic E-state index is 0.172. The maximum atomic E-state index is 12.1. The van der Waals surface area contributed by atoms with Crippen LogP contribution >= 0.6 is 15.9 Å². The number of hydrogen-bond donors (Lipinski definition) is 2. The van der Waals surface area contributed by atoms with E-state index in [1.54, 1.807) is 12.1 Å². The van der Waals surface area contributed by atoms with Gasteiger partial charge in [-0.15, -0.1) is 13.2 Å². The summed E-state index contributed by atoms with van der Waals surface area (Å²) < 4.78 is 40.5. The van der Waals surface area contributed by atoms with Crippen molar-refractivity contribution in [3.05, 3.63) is 28.2 Å². The average Bonchev–Trinajstić information content (AvgIpc) is 2.29. The molecule has 0 unspecified atom stereocenters. The number of alkyl halides is 3. The van der Waals surface area contributed by atoms with Crippen molar-refractivity contribution in [3.8, 4) is 5.75 Å². The lowest BCUT2D eigenvalue weighted by Gasteiger charge is -2.31. The van der Waals surface area contributed by atoms with Crippen molar-refractivity contribution in [1.82, 2.24) is 5.32 Å². The number of ether oxygens (including phenoxy) is 1. The second-order valence-electron chi connectivity index (χ2n) is 4.93. The number of rotatable bonds is 5. The molecule has 1 aliphatic rings. The second-order valence-corrected chi connectivity index (χ2v) is 5.79. The van der Waals surface area contributed by atoms with Crippen LogP contribution in [0.2, 0.25) is 0 Å². The van der Waals surface area contributed by atoms with Gasteiger partial charge in [0.15, 0.2) is 0 Å². The third-order valence-electron chi connectivity index (χ3n) is 3.19. The Bertz CT molecular complexity index is 461. The molecule has 0 saturated heterocycles. The van der Waals surface area contributed by atoms with Crippen LogP contribution in [-0.4, -0.2) is 24.1 Å². The Labute approximate surface area is 123 Å². The Hall–Kier alpha value is -0.790. The molecule has 1 aromatic carbocycles. The predicted molar refractivity (Wildman–Crippen MR) is 71.3 cm³/mol. The fourth-order valence-corrected chi connectivity index (χ4v) is 2.66. The molecule has 0 radical (unpaired) electrons. The highest BCUT2D eigenvalue weighted by atomic mass is 79.9. The monoisotopic (exact) mass is 353 g/mol. The van der Waals surface area contributed by atoms with Gasteiger partial charge < -0.3 is 15.2 Å². The molecule has 0 heterocycles.